The fourth-order valence-electron chi connectivity index (χ4n) is 0.919. The highest BCUT2D eigenvalue weighted by molar-refractivity contribution is 14.1. The SMILES string of the molecule is COC(=O)c1cc(I)c(Br)nc1C(F)F. The molecule has 0 radical (unpaired) electrons. The van der Waals surface area contributed by atoms with E-state index < -0.39 is 18.1 Å². The molecule has 1 aromatic heterocycles. The molecule has 1 rings (SSSR count). The Balaban J connectivity index is 3.34. The zero-order valence-electron chi connectivity index (χ0n) is 7.43. The first-order chi connectivity index (χ1) is 6.97. The van der Waals surface area contributed by atoms with Crippen molar-refractivity contribution in [3.8, 4) is 0 Å². The molecule has 0 bridgehead atoms. The Labute approximate surface area is 106 Å². The fraction of sp³-hybridized carbons (Fsp3) is 0.250. The predicted octanol–water partition coefficient (Wildman–Crippen LogP) is 3.17. The Morgan fingerprint density at radius 2 is 2.27 bits per heavy atom. The van der Waals surface area contributed by atoms with Gasteiger partial charge in [-0.25, -0.2) is 18.6 Å². The Hall–Kier alpha value is -0.310. The molecule has 0 atom stereocenters. The summed E-state index contributed by atoms with van der Waals surface area (Å²) >= 11 is 4.89. The number of aromatic nitrogens is 1. The maximum atomic E-state index is 12.5. The minimum Gasteiger partial charge on any atom is -0.465 e. The van der Waals surface area contributed by atoms with Crippen LogP contribution in [0, 0.1) is 3.57 Å². The van der Waals surface area contributed by atoms with Crippen LogP contribution in [0.15, 0.2) is 10.7 Å². The van der Waals surface area contributed by atoms with E-state index in [2.05, 4.69) is 25.7 Å². The second kappa shape index (κ2) is 5.15. The number of ether oxygens (including phenoxy) is 1. The molecule has 3 nitrogen and oxygen atoms in total. The number of carbonyl (C=O) groups is 1. The number of hydrogen-bond acceptors (Lipinski definition) is 3. The van der Waals surface area contributed by atoms with E-state index in [4.69, 9.17) is 0 Å². The van der Waals surface area contributed by atoms with Crippen LogP contribution in [-0.4, -0.2) is 18.1 Å². The molecule has 7 heteroatoms. The van der Waals surface area contributed by atoms with Gasteiger partial charge >= 0.3 is 5.97 Å². The number of esters is 1. The molecule has 0 fully saturated rings. The lowest BCUT2D eigenvalue weighted by atomic mass is 10.2. The molecule has 0 amide bonds. The summed E-state index contributed by atoms with van der Waals surface area (Å²) in [5.41, 5.74) is -0.783. The van der Waals surface area contributed by atoms with E-state index >= 15 is 0 Å². The molecule has 0 unspecified atom stereocenters. The molecule has 0 aromatic carbocycles. The van der Waals surface area contributed by atoms with E-state index in [1.54, 1.807) is 0 Å². The van der Waals surface area contributed by atoms with E-state index in [1.807, 2.05) is 22.6 Å². The molecule has 0 aliphatic carbocycles. The lowest BCUT2D eigenvalue weighted by Crippen LogP contribution is -2.09. The molecular formula is C8H5BrF2INO2. The van der Waals surface area contributed by atoms with Crippen molar-refractivity contribution in [3.63, 3.8) is 0 Å². The Kier molecular flexibility index (Phi) is 4.38. The number of hydrogen-bond donors (Lipinski definition) is 0. The van der Waals surface area contributed by atoms with Crippen molar-refractivity contribution in [3.05, 3.63) is 25.5 Å². The molecule has 1 aromatic rings. The summed E-state index contributed by atoms with van der Waals surface area (Å²) in [6.45, 7) is 0. The maximum absolute atomic E-state index is 12.5. The third kappa shape index (κ3) is 2.83. The van der Waals surface area contributed by atoms with Gasteiger partial charge in [0, 0.05) is 3.57 Å². The minimum absolute atomic E-state index is 0.208. The quantitative estimate of drug-likeness (QED) is 0.441. The third-order valence-corrected chi connectivity index (χ3v) is 3.74. The van der Waals surface area contributed by atoms with E-state index in [-0.39, 0.29) is 10.2 Å². The fourth-order valence-corrected chi connectivity index (χ4v) is 1.66. The zero-order chi connectivity index (χ0) is 11.6. The van der Waals surface area contributed by atoms with Crippen LogP contribution in [-0.2, 0) is 4.74 Å². The smallest absolute Gasteiger partial charge is 0.339 e. The number of pyridine rings is 1. The van der Waals surface area contributed by atoms with E-state index in [0.717, 1.165) is 7.11 Å². The minimum atomic E-state index is -2.81. The van der Waals surface area contributed by atoms with Crippen molar-refractivity contribution in [1.82, 2.24) is 4.98 Å². The first-order valence-corrected chi connectivity index (χ1v) is 5.57. The van der Waals surface area contributed by atoms with Gasteiger partial charge in [-0.2, -0.15) is 0 Å². The Bertz CT molecular complexity index is 400. The lowest BCUT2D eigenvalue weighted by molar-refractivity contribution is 0.0587. The monoisotopic (exact) mass is 391 g/mol. The van der Waals surface area contributed by atoms with Gasteiger partial charge in [0.15, 0.2) is 0 Å². The van der Waals surface area contributed by atoms with Gasteiger partial charge in [-0.05, 0) is 44.6 Å². The average Bonchev–Trinajstić information content (AvgIpc) is 2.20. The van der Waals surface area contributed by atoms with Gasteiger partial charge in [0.05, 0.1) is 12.7 Å². The Morgan fingerprint density at radius 3 is 2.73 bits per heavy atom. The van der Waals surface area contributed by atoms with Crippen LogP contribution in [0.2, 0.25) is 0 Å². The molecule has 82 valence electrons. The molecule has 0 saturated heterocycles. The van der Waals surface area contributed by atoms with Crippen LogP contribution in [0.5, 0.6) is 0 Å². The van der Waals surface area contributed by atoms with E-state index in [9.17, 15) is 13.6 Å². The molecule has 0 N–H and O–H groups in total. The number of halogens is 4. The summed E-state index contributed by atoms with van der Waals surface area (Å²) in [6.07, 6.45) is -2.81. The molecule has 0 spiro atoms. The summed E-state index contributed by atoms with van der Waals surface area (Å²) in [6, 6.07) is 1.31. The number of nitrogens with zero attached hydrogens (tertiary/aromatic N) is 1. The molecule has 1 heterocycles. The highest BCUT2D eigenvalue weighted by Crippen LogP contribution is 2.27. The second-order valence-corrected chi connectivity index (χ2v) is 4.40. The predicted molar refractivity (Wildman–Crippen MR) is 61.0 cm³/mol. The first-order valence-electron chi connectivity index (χ1n) is 3.69. The normalized spacial score (nSPS) is 10.5. The zero-order valence-corrected chi connectivity index (χ0v) is 11.2. The number of carbonyl (C=O) groups excluding carboxylic acids is 1. The van der Waals surface area contributed by atoms with Gasteiger partial charge in [0.1, 0.15) is 10.3 Å². The van der Waals surface area contributed by atoms with Crippen molar-refractivity contribution in [2.24, 2.45) is 0 Å². The summed E-state index contributed by atoms with van der Waals surface area (Å²) in [7, 11) is 1.13. The molecule has 0 aliphatic rings. The largest absolute Gasteiger partial charge is 0.465 e. The highest BCUT2D eigenvalue weighted by Gasteiger charge is 2.22. The van der Waals surface area contributed by atoms with Gasteiger partial charge in [-0.3, -0.25) is 0 Å². The van der Waals surface area contributed by atoms with Gasteiger partial charge in [0.25, 0.3) is 6.43 Å². The van der Waals surface area contributed by atoms with Crippen molar-refractivity contribution in [1.29, 1.82) is 0 Å². The molecular weight excluding hydrogens is 387 g/mol. The summed E-state index contributed by atoms with van der Waals surface area (Å²) in [4.78, 5) is 14.8. The van der Waals surface area contributed by atoms with Crippen LogP contribution in [0.25, 0.3) is 0 Å². The van der Waals surface area contributed by atoms with Crippen LogP contribution < -0.4 is 0 Å². The molecule has 0 saturated carbocycles. The first kappa shape index (κ1) is 12.8. The number of alkyl halides is 2. The van der Waals surface area contributed by atoms with Gasteiger partial charge in [-0.15, -0.1) is 0 Å². The summed E-state index contributed by atoms with van der Waals surface area (Å²) in [5.74, 6) is -0.816. The van der Waals surface area contributed by atoms with Gasteiger partial charge < -0.3 is 4.74 Å². The van der Waals surface area contributed by atoms with Crippen LogP contribution in [0.1, 0.15) is 22.5 Å². The number of rotatable bonds is 2. The summed E-state index contributed by atoms with van der Waals surface area (Å²) in [5, 5.41) is 0. The average molecular weight is 392 g/mol. The van der Waals surface area contributed by atoms with Crippen LogP contribution in [0.3, 0.4) is 0 Å². The second-order valence-electron chi connectivity index (χ2n) is 2.49. The van der Waals surface area contributed by atoms with Crippen molar-refractivity contribution < 1.29 is 18.3 Å². The molecule has 15 heavy (non-hydrogen) atoms. The Morgan fingerprint density at radius 1 is 1.67 bits per heavy atom. The van der Waals surface area contributed by atoms with Crippen LogP contribution in [0.4, 0.5) is 8.78 Å². The van der Waals surface area contributed by atoms with Crippen molar-refractivity contribution >= 4 is 44.5 Å². The standard InChI is InChI=1S/C8H5BrF2INO2/c1-15-8(14)3-2-4(12)6(9)13-5(3)7(10)11/h2,7H,1H3. The van der Waals surface area contributed by atoms with Gasteiger partial charge in [0.2, 0.25) is 0 Å². The third-order valence-electron chi connectivity index (χ3n) is 1.57. The highest BCUT2D eigenvalue weighted by atomic mass is 127. The lowest BCUT2D eigenvalue weighted by Gasteiger charge is -2.07. The molecule has 0 aliphatic heterocycles. The van der Waals surface area contributed by atoms with E-state index in [1.165, 1.54) is 6.07 Å². The van der Waals surface area contributed by atoms with Crippen molar-refractivity contribution in [2.45, 2.75) is 6.43 Å². The van der Waals surface area contributed by atoms with Gasteiger partial charge in [-0.1, -0.05) is 0 Å². The topological polar surface area (TPSA) is 39.2 Å². The van der Waals surface area contributed by atoms with Crippen molar-refractivity contribution in [2.75, 3.05) is 7.11 Å². The van der Waals surface area contributed by atoms with E-state index in [0.29, 0.717) is 3.57 Å². The summed E-state index contributed by atoms with van der Waals surface area (Å²) < 4.78 is 30.3. The number of methoxy groups -OCH3 is 1. The maximum Gasteiger partial charge on any atom is 0.339 e. The van der Waals surface area contributed by atoms with Crippen LogP contribution >= 0.6 is 38.5 Å².